The maximum absolute atomic E-state index is 5.80. The van der Waals surface area contributed by atoms with Crippen molar-refractivity contribution in [2.24, 2.45) is 4.99 Å². The zero-order chi connectivity index (χ0) is 12.3. The lowest BCUT2D eigenvalue weighted by Crippen LogP contribution is -2.38. The van der Waals surface area contributed by atoms with E-state index in [0.717, 1.165) is 38.5 Å². The smallest absolute Gasteiger partial charge is 0.190 e. The summed E-state index contributed by atoms with van der Waals surface area (Å²) in [4.78, 5) is 4.15. The molecule has 2 N–H and O–H groups in total. The van der Waals surface area contributed by atoms with Crippen LogP contribution in [0.5, 0.6) is 0 Å². The minimum Gasteiger partial charge on any atom is -0.378 e. The van der Waals surface area contributed by atoms with Gasteiger partial charge in [0, 0.05) is 26.7 Å². The number of hydrogen-bond donors (Lipinski definition) is 2. The van der Waals surface area contributed by atoms with Gasteiger partial charge in [0.05, 0.1) is 6.10 Å². The Kier molecular flexibility index (Phi) is 7.80. The maximum Gasteiger partial charge on any atom is 0.190 e. The van der Waals surface area contributed by atoms with Gasteiger partial charge in [-0.15, -0.1) is 0 Å². The van der Waals surface area contributed by atoms with Crippen molar-refractivity contribution >= 4 is 5.96 Å². The molecule has 1 aliphatic rings. The van der Waals surface area contributed by atoms with E-state index in [4.69, 9.17) is 4.74 Å². The third kappa shape index (κ3) is 6.51. The second kappa shape index (κ2) is 9.28. The maximum atomic E-state index is 5.80. The standard InChI is InChI=1S/C13H27N3O/c1-3-9-15-13(14-2)16-10-6-11-17-12-7-4-5-8-12/h12H,3-11H2,1-2H3,(H2,14,15,16). The zero-order valence-electron chi connectivity index (χ0n) is 11.3. The minimum absolute atomic E-state index is 0.535. The van der Waals surface area contributed by atoms with E-state index in [0.29, 0.717) is 6.10 Å². The molecule has 0 aromatic rings. The number of rotatable bonds is 7. The third-order valence-corrected chi connectivity index (χ3v) is 3.04. The van der Waals surface area contributed by atoms with E-state index in [-0.39, 0.29) is 0 Å². The average Bonchev–Trinajstić information content (AvgIpc) is 2.85. The molecule has 1 rings (SSSR count). The minimum atomic E-state index is 0.535. The Balaban J connectivity index is 1.94. The summed E-state index contributed by atoms with van der Waals surface area (Å²) in [6.07, 6.45) is 7.90. The molecule has 17 heavy (non-hydrogen) atoms. The number of ether oxygens (including phenoxy) is 1. The Labute approximate surface area is 105 Å². The Morgan fingerprint density at radius 3 is 2.59 bits per heavy atom. The molecule has 0 radical (unpaired) electrons. The molecule has 0 aromatic heterocycles. The summed E-state index contributed by atoms with van der Waals surface area (Å²) in [6.45, 7) is 4.91. The van der Waals surface area contributed by atoms with Gasteiger partial charge in [-0.25, -0.2) is 0 Å². The molecule has 0 bridgehead atoms. The molecule has 0 spiro atoms. The van der Waals surface area contributed by atoms with Crippen molar-refractivity contribution in [1.29, 1.82) is 0 Å². The number of aliphatic imine (C=N–C) groups is 1. The topological polar surface area (TPSA) is 45.7 Å². The summed E-state index contributed by atoms with van der Waals surface area (Å²) in [7, 11) is 1.81. The van der Waals surface area contributed by atoms with Crippen LogP contribution in [-0.4, -0.2) is 38.8 Å². The van der Waals surface area contributed by atoms with Gasteiger partial charge in [-0.1, -0.05) is 19.8 Å². The van der Waals surface area contributed by atoms with Crippen molar-refractivity contribution in [3.8, 4) is 0 Å². The first-order chi connectivity index (χ1) is 8.36. The van der Waals surface area contributed by atoms with Gasteiger partial charge >= 0.3 is 0 Å². The highest BCUT2D eigenvalue weighted by atomic mass is 16.5. The molecule has 0 aliphatic heterocycles. The van der Waals surface area contributed by atoms with E-state index in [1.165, 1.54) is 25.7 Å². The highest BCUT2D eigenvalue weighted by Gasteiger charge is 2.14. The van der Waals surface area contributed by atoms with Gasteiger partial charge in [-0.3, -0.25) is 4.99 Å². The second-order valence-corrected chi connectivity index (χ2v) is 4.56. The SMILES string of the molecule is CCCNC(=NC)NCCCOC1CCCC1. The quantitative estimate of drug-likeness (QED) is 0.406. The van der Waals surface area contributed by atoms with Crippen molar-refractivity contribution in [2.75, 3.05) is 26.7 Å². The first-order valence-electron chi connectivity index (χ1n) is 6.93. The van der Waals surface area contributed by atoms with Gasteiger partial charge in [0.15, 0.2) is 5.96 Å². The molecule has 0 unspecified atom stereocenters. The van der Waals surface area contributed by atoms with Crippen LogP contribution in [0.4, 0.5) is 0 Å². The fraction of sp³-hybridized carbons (Fsp3) is 0.923. The van der Waals surface area contributed by atoms with Crippen molar-refractivity contribution < 1.29 is 4.74 Å². The lowest BCUT2D eigenvalue weighted by molar-refractivity contribution is 0.0574. The van der Waals surface area contributed by atoms with E-state index in [1.54, 1.807) is 7.05 Å². The fourth-order valence-corrected chi connectivity index (χ4v) is 2.05. The zero-order valence-corrected chi connectivity index (χ0v) is 11.3. The second-order valence-electron chi connectivity index (χ2n) is 4.56. The predicted molar refractivity (Wildman–Crippen MR) is 72.5 cm³/mol. The Morgan fingerprint density at radius 2 is 1.94 bits per heavy atom. The van der Waals surface area contributed by atoms with Crippen LogP contribution in [0.1, 0.15) is 45.4 Å². The molecule has 0 atom stereocenters. The summed E-state index contributed by atoms with van der Waals surface area (Å²) in [6, 6.07) is 0. The van der Waals surface area contributed by atoms with E-state index >= 15 is 0 Å². The molecular weight excluding hydrogens is 214 g/mol. The molecule has 0 aromatic carbocycles. The highest BCUT2D eigenvalue weighted by molar-refractivity contribution is 5.79. The van der Waals surface area contributed by atoms with E-state index in [9.17, 15) is 0 Å². The number of nitrogens with one attached hydrogen (secondary N) is 2. The molecule has 1 fully saturated rings. The monoisotopic (exact) mass is 241 g/mol. The lowest BCUT2D eigenvalue weighted by Gasteiger charge is -2.13. The number of nitrogens with zero attached hydrogens (tertiary/aromatic N) is 1. The van der Waals surface area contributed by atoms with E-state index < -0.39 is 0 Å². The van der Waals surface area contributed by atoms with Crippen LogP contribution in [0.25, 0.3) is 0 Å². The highest BCUT2D eigenvalue weighted by Crippen LogP contribution is 2.20. The first-order valence-corrected chi connectivity index (χ1v) is 6.93. The molecule has 4 heteroatoms. The molecule has 4 nitrogen and oxygen atoms in total. The fourth-order valence-electron chi connectivity index (χ4n) is 2.05. The van der Waals surface area contributed by atoms with Crippen LogP contribution >= 0.6 is 0 Å². The Hall–Kier alpha value is -0.770. The van der Waals surface area contributed by atoms with Gasteiger partial charge in [-0.05, 0) is 25.7 Å². The van der Waals surface area contributed by atoms with E-state index in [1.807, 2.05) is 0 Å². The van der Waals surface area contributed by atoms with Crippen LogP contribution in [0.15, 0.2) is 4.99 Å². The van der Waals surface area contributed by atoms with Crippen LogP contribution in [0.2, 0.25) is 0 Å². The number of hydrogen-bond acceptors (Lipinski definition) is 2. The molecule has 1 saturated carbocycles. The lowest BCUT2D eigenvalue weighted by atomic mass is 10.3. The van der Waals surface area contributed by atoms with E-state index in [2.05, 4.69) is 22.5 Å². The van der Waals surface area contributed by atoms with Gasteiger partial charge in [0.2, 0.25) is 0 Å². The first kappa shape index (κ1) is 14.3. The normalized spacial score (nSPS) is 17.4. The molecule has 100 valence electrons. The summed E-state index contributed by atoms with van der Waals surface area (Å²) in [5.41, 5.74) is 0. The largest absolute Gasteiger partial charge is 0.378 e. The average molecular weight is 241 g/mol. The third-order valence-electron chi connectivity index (χ3n) is 3.04. The molecule has 0 amide bonds. The summed E-state index contributed by atoms with van der Waals surface area (Å²) >= 11 is 0. The van der Waals surface area contributed by atoms with Gasteiger partial charge in [0.25, 0.3) is 0 Å². The van der Waals surface area contributed by atoms with Crippen molar-refractivity contribution in [3.63, 3.8) is 0 Å². The van der Waals surface area contributed by atoms with Crippen LogP contribution < -0.4 is 10.6 Å². The molecular formula is C13H27N3O. The predicted octanol–water partition coefficient (Wildman–Crippen LogP) is 1.91. The molecule has 0 saturated heterocycles. The van der Waals surface area contributed by atoms with Gasteiger partial charge < -0.3 is 15.4 Å². The van der Waals surface area contributed by atoms with Crippen molar-refractivity contribution in [2.45, 2.75) is 51.6 Å². The van der Waals surface area contributed by atoms with Crippen LogP contribution in [-0.2, 0) is 4.74 Å². The van der Waals surface area contributed by atoms with Crippen LogP contribution in [0.3, 0.4) is 0 Å². The van der Waals surface area contributed by atoms with Crippen LogP contribution in [0, 0.1) is 0 Å². The Morgan fingerprint density at radius 1 is 1.24 bits per heavy atom. The number of guanidine groups is 1. The van der Waals surface area contributed by atoms with Crippen molar-refractivity contribution in [1.82, 2.24) is 10.6 Å². The summed E-state index contributed by atoms with van der Waals surface area (Å²) in [5.74, 6) is 0.896. The molecule has 0 heterocycles. The summed E-state index contributed by atoms with van der Waals surface area (Å²) in [5, 5.41) is 6.54. The van der Waals surface area contributed by atoms with Crippen molar-refractivity contribution in [3.05, 3.63) is 0 Å². The molecule has 1 aliphatic carbocycles. The summed E-state index contributed by atoms with van der Waals surface area (Å²) < 4.78 is 5.80. The Bertz CT molecular complexity index is 213. The van der Waals surface area contributed by atoms with Gasteiger partial charge in [-0.2, -0.15) is 0 Å². The van der Waals surface area contributed by atoms with Gasteiger partial charge in [0.1, 0.15) is 0 Å².